The van der Waals surface area contributed by atoms with Gasteiger partial charge in [0, 0.05) is 5.92 Å². The smallest absolute Gasteiger partial charge is 0.125 e. The zero-order valence-electron chi connectivity index (χ0n) is 16.5. The van der Waals surface area contributed by atoms with E-state index in [0.29, 0.717) is 24.2 Å². The Morgan fingerprint density at radius 1 is 1.22 bits per heavy atom. The van der Waals surface area contributed by atoms with E-state index in [0.717, 1.165) is 36.3 Å². The van der Waals surface area contributed by atoms with Crippen LogP contribution in [0.25, 0.3) is 0 Å². The molecule has 2 aromatic carbocycles. The predicted molar refractivity (Wildman–Crippen MR) is 107 cm³/mol. The van der Waals surface area contributed by atoms with Gasteiger partial charge in [0.1, 0.15) is 11.5 Å². The first kappa shape index (κ1) is 17.9. The lowest BCUT2D eigenvalue weighted by Gasteiger charge is -2.35. The summed E-state index contributed by atoms with van der Waals surface area (Å²) in [5, 5.41) is 9.60. The quantitative estimate of drug-likeness (QED) is 0.755. The average Bonchev–Trinajstić information content (AvgIpc) is 2.66. The Balaban J connectivity index is 1.62. The van der Waals surface area contributed by atoms with Crippen LogP contribution in [0.15, 0.2) is 30.3 Å². The lowest BCUT2D eigenvalue weighted by molar-refractivity contribution is 0.251. The Bertz CT molecular complexity index is 907. The minimum absolute atomic E-state index is 0.209. The largest absolute Gasteiger partial charge is 0.494 e. The van der Waals surface area contributed by atoms with Gasteiger partial charge in [0.15, 0.2) is 0 Å². The first-order valence-corrected chi connectivity index (χ1v) is 9.94. The zero-order valence-corrected chi connectivity index (χ0v) is 16.5. The molecule has 0 radical (unpaired) electrons. The third kappa shape index (κ3) is 3.41. The normalized spacial score (nSPS) is 20.0. The Labute approximate surface area is 161 Å². The van der Waals surface area contributed by atoms with E-state index >= 15 is 0 Å². The average molecular weight is 361 g/mol. The number of nitrogens with zero attached hydrogens (tertiary/aromatic N) is 1. The van der Waals surface area contributed by atoms with Crippen molar-refractivity contribution in [3.63, 3.8) is 0 Å². The summed E-state index contributed by atoms with van der Waals surface area (Å²) in [5.74, 6) is 2.08. The second-order valence-electron chi connectivity index (χ2n) is 8.54. The molecule has 2 aromatic rings. The molecule has 27 heavy (non-hydrogen) atoms. The number of fused-ring (bicyclic) bond motifs is 3. The Kier molecular flexibility index (Phi) is 4.60. The molecule has 1 unspecified atom stereocenters. The summed E-state index contributed by atoms with van der Waals surface area (Å²) in [4.78, 5) is 0. The van der Waals surface area contributed by atoms with Crippen molar-refractivity contribution >= 4 is 0 Å². The molecule has 0 spiro atoms. The standard InChI is InChI=1S/C24H27NO2/c1-4-26-20-7-8-21(18(12-20)14-25)19-11-16-5-6-17-13-24(2,3)10-9-22(17)23(16)27-15-19/h5-8,12,19H,4,9-11,13,15H2,1-3H3. The molecule has 1 heterocycles. The van der Waals surface area contributed by atoms with Crippen LogP contribution in [0, 0.1) is 16.7 Å². The predicted octanol–water partition coefficient (Wildman–Crippen LogP) is 5.19. The van der Waals surface area contributed by atoms with Crippen LogP contribution in [0.3, 0.4) is 0 Å². The summed E-state index contributed by atoms with van der Waals surface area (Å²) in [6, 6.07) is 12.7. The fraction of sp³-hybridized carbons (Fsp3) is 0.458. The molecule has 0 N–H and O–H groups in total. The van der Waals surface area contributed by atoms with Gasteiger partial charge in [0.25, 0.3) is 0 Å². The summed E-state index contributed by atoms with van der Waals surface area (Å²) in [6.45, 7) is 7.89. The van der Waals surface area contributed by atoms with Crippen molar-refractivity contribution in [2.24, 2.45) is 5.41 Å². The minimum Gasteiger partial charge on any atom is -0.494 e. The fourth-order valence-corrected chi connectivity index (χ4v) is 4.52. The van der Waals surface area contributed by atoms with Gasteiger partial charge in [-0.1, -0.05) is 32.0 Å². The van der Waals surface area contributed by atoms with Gasteiger partial charge >= 0.3 is 0 Å². The van der Waals surface area contributed by atoms with Crippen LogP contribution in [0.2, 0.25) is 0 Å². The SMILES string of the molecule is CCOc1ccc(C2COc3c(ccc4c3CCC(C)(C)C4)C2)c(C#N)c1. The van der Waals surface area contributed by atoms with Crippen molar-refractivity contribution in [1.29, 1.82) is 5.26 Å². The molecule has 0 bridgehead atoms. The summed E-state index contributed by atoms with van der Waals surface area (Å²) < 4.78 is 11.8. The van der Waals surface area contributed by atoms with E-state index in [2.05, 4.69) is 32.0 Å². The number of ether oxygens (including phenoxy) is 2. The van der Waals surface area contributed by atoms with Gasteiger partial charge in [-0.3, -0.25) is 0 Å². The minimum atomic E-state index is 0.209. The lowest BCUT2D eigenvalue weighted by atomic mass is 9.73. The molecule has 2 aliphatic rings. The molecule has 0 saturated heterocycles. The second kappa shape index (κ2) is 6.93. The third-order valence-electron chi connectivity index (χ3n) is 5.95. The van der Waals surface area contributed by atoms with Gasteiger partial charge in [0.05, 0.1) is 24.8 Å². The Hall–Kier alpha value is -2.47. The van der Waals surface area contributed by atoms with E-state index in [9.17, 15) is 5.26 Å². The topological polar surface area (TPSA) is 42.2 Å². The molecule has 1 aliphatic carbocycles. The molecule has 1 atom stereocenters. The Morgan fingerprint density at radius 3 is 2.81 bits per heavy atom. The summed E-state index contributed by atoms with van der Waals surface area (Å²) in [7, 11) is 0. The number of benzene rings is 2. The van der Waals surface area contributed by atoms with Crippen molar-refractivity contribution in [3.05, 3.63) is 58.1 Å². The summed E-state index contributed by atoms with van der Waals surface area (Å²) in [6.07, 6.45) is 4.36. The first-order chi connectivity index (χ1) is 13.0. The lowest BCUT2D eigenvalue weighted by Crippen LogP contribution is -2.26. The van der Waals surface area contributed by atoms with Crippen LogP contribution in [0.1, 0.15) is 60.9 Å². The van der Waals surface area contributed by atoms with Gasteiger partial charge in [0.2, 0.25) is 0 Å². The van der Waals surface area contributed by atoms with Gasteiger partial charge in [-0.15, -0.1) is 0 Å². The number of rotatable bonds is 3. The molecular formula is C24H27NO2. The molecule has 140 valence electrons. The van der Waals surface area contributed by atoms with Crippen molar-refractivity contribution in [2.45, 2.75) is 52.4 Å². The van der Waals surface area contributed by atoms with Gasteiger partial charge < -0.3 is 9.47 Å². The van der Waals surface area contributed by atoms with Crippen LogP contribution < -0.4 is 9.47 Å². The summed E-state index contributed by atoms with van der Waals surface area (Å²) >= 11 is 0. The molecule has 0 amide bonds. The van der Waals surface area contributed by atoms with E-state index in [1.165, 1.54) is 23.1 Å². The van der Waals surface area contributed by atoms with Crippen LogP contribution in [0.4, 0.5) is 0 Å². The Morgan fingerprint density at radius 2 is 2.04 bits per heavy atom. The number of nitriles is 1. The highest BCUT2D eigenvalue weighted by molar-refractivity contribution is 5.52. The molecule has 3 heteroatoms. The highest BCUT2D eigenvalue weighted by atomic mass is 16.5. The number of hydrogen-bond donors (Lipinski definition) is 0. The van der Waals surface area contributed by atoms with Crippen molar-refractivity contribution in [3.8, 4) is 17.6 Å². The fourth-order valence-electron chi connectivity index (χ4n) is 4.52. The van der Waals surface area contributed by atoms with E-state index in [4.69, 9.17) is 9.47 Å². The maximum atomic E-state index is 9.60. The monoisotopic (exact) mass is 361 g/mol. The molecule has 3 nitrogen and oxygen atoms in total. The number of hydrogen-bond acceptors (Lipinski definition) is 3. The van der Waals surface area contributed by atoms with Crippen LogP contribution in [-0.2, 0) is 19.3 Å². The van der Waals surface area contributed by atoms with Gasteiger partial charge in [-0.05, 0) is 72.4 Å². The molecule has 0 aromatic heterocycles. The van der Waals surface area contributed by atoms with Crippen molar-refractivity contribution < 1.29 is 9.47 Å². The maximum absolute atomic E-state index is 9.60. The maximum Gasteiger partial charge on any atom is 0.125 e. The molecule has 0 saturated carbocycles. The van der Waals surface area contributed by atoms with Crippen LogP contribution >= 0.6 is 0 Å². The first-order valence-electron chi connectivity index (χ1n) is 9.94. The van der Waals surface area contributed by atoms with Crippen LogP contribution in [-0.4, -0.2) is 13.2 Å². The van der Waals surface area contributed by atoms with Crippen LogP contribution in [0.5, 0.6) is 11.5 Å². The molecular weight excluding hydrogens is 334 g/mol. The molecule has 0 fully saturated rings. The highest BCUT2D eigenvalue weighted by Gasteiger charge is 2.31. The van der Waals surface area contributed by atoms with Gasteiger partial charge in [-0.25, -0.2) is 0 Å². The second-order valence-corrected chi connectivity index (χ2v) is 8.54. The summed E-state index contributed by atoms with van der Waals surface area (Å²) in [5.41, 5.74) is 6.27. The van der Waals surface area contributed by atoms with Gasteiger partial charge in [-0.2, -0.15) is 5.26 Å². The van der Waals surface area contributed by atoms with Crippen molar-refractivity contribution in [2.75, 3.05) is 13.2 Å². The van der Waals surface area contributed by atoms with E-state index in [-0.39, 0.29) is 5.92 Å². The van der Waals surface area contributed by atoms with E-state index in [1.807, 2.05) is 25.1 Å². The van der Waals surface area contributed by atoms with Crippen molar-refractivity contribution in [1.82, 2.24) is 0 Å². The molecule has 1 aliphatic heterocycles. The third-order valence-corrected chi connectivity index (χ3v) is 5.95. The highest BCUT2D eigenvalue weighted by Crippen LogP contribution is 2.43. The zero-order chi connectivity index (χ0) is 19.0. The molecule has 4 rings (SSSR count). The van der Waals surface area contributed by atoms with E-state index < -0.39 is 0 Å². The van der Waals surface area contributed by atoms with E-state index in [1.54, 1.807) is 0 Å².